The molecule has 34 heavy (non-hydrogen) atoms. The largest absolute Gasteiger partial charge is 0.494 e. The van der Waals surface area contributed by atoms with Crippen molar-refractivity contribution in [2.45, 2.75) is 38.3 Å². The number of amides is 2. The summed E-state index contributed by atoms with van der Waals surface area (Å²) in [6, 6.07) is 6.72. The fourth-order valence-corrected chi connectivity index (χ4v) is 3.56. The number of anilines is 2. The molecular weight excluding hydrogens is 436 g/mol. The van der Waals surface area contributed by atoms with E-state index in [1.807, 2.05) is 11.4 Å². The van der Waals surface area contributed by atoms with E-state index in [0.717, 1.165) is 19.4 Å². The van der Waals surface area contributed by atoms with Crippen molar-refractivity contribution in [2.75, 3.05) is 19.4 Å². The van der Waals surface area contributed by atoms with Crippen LogP contribution in [0.4, 0.5) is 11.4 Å². The maximum absolute atomic E-state index is 12.7. The van der Waals surface area contributed by atoms with Crippen LogP contribution in [0.25, 0.3) is 11.4 Å². The number of para-hydroxylation sites is 1. The summed E-state index contributed by atoms with van der Waals surface area (Å²) >= 11 is 0. The highest BCUT2D eigenvalue weighted by Gasteiger charge is 2.26. The van der Waals surface area contributed by atoms with Crippen molar-refractivity contribution in [3.63, 3.8) is 0 Å². The van der Waals surface area contributed by atoms with Crippen LogP contribution in [-0.4, -0.2) is 56.9 Å². The highest BCUT2D eigenvalue weighted by molar-refractivity contribution is 6.00. The molecule has 2 heterocycles. The van der Waals surface area contributed by atoms with E-state index in [9.17, 15) is 9.59 Å². The van der Waals surface area contributed by atoms with Gasteiger partial charge in [0.2, 0.25) is 0 Å². The summed E-state index contributed by atoms with van der Waals surface area (Å²) in [7, 11) is 1.49. The van der Waals surface area contributed by atoms with E-state index < -0.39 is 18.8 Å². The average molecular weight is 466 g/mol. The number of carbonyl (C=O) groups is 2. The molecule has 5 rings (SSSR count). The van der Waals surface area contributed by atoms with Gasteiger partial charge in [0.15, 0.2) is 23.0 Å². The zero-order valence-corrected chi connectivity index (χ0v) is 18.5. The third-order valence-corrected chi connectivity index (χ3v) is 5.68. The Morgan fingerprint density at radius 1 is 1.18 bits per heavy atom. The van der Waals surface area contributed by atoms with Crippen LogP contribution in [0.3, 0.4) is 0 Å². The van der Waals surface area contributed by atoms with E-state index in [1.165, 1.54) is 26.0 Å². The van der Waals surface area contributed by atoms with Gasteiger partial charge in [-0.15, -0.1) is 10.2 Å². The average Bonchev–Trinajstić information content (AvgIpc) is 3.77. The predicted molar refractivity (Wildman–Crippen MR) is 124 cm³/mol. The van der Waals surface area contributed by atoms with Gasteiger partial charge < -0.3 is 20.7 Å². The minimum Gasteiger partial charge on any atom is -0.494 e. The lowest BCUT2D eigenvalue weighted by Gasteiger charge is -2.16. The summed E-state index contributed by atoms with van der Waals surface area (Å²) < 4.78 is 29.6. The Morgan fingerprint density at radius 3 is 2.76 bits per heavy atom. The highest BCUT2D eigenvalue weighted by Crippen LogP contribution is 2.37. The molecule has 2 amide bonds. The van der Waals surface area contributed by atoms with Crippen molar-refractivity contribution in [2.24, 2.45) is 5.92 Å². The summed E-state index contributed by atoms with van der Waals surface area (Å²) in [6.07, 6.45) is 5.84. The first-order chi connectivity index (χ1) is 17.7. The summed E-state index contributed by atoms with van der Waals surface area (Å²) in [6.45, 7) is -1.93. The van der Waals surface area contributed by atoms with Crippen LogP contribution < -0.4 is 20.7 Å². The number of rotatable bonds is 9. The fourth-order valence-electron chi connectivity index (χ4n) is 3.56. The van der Waals surface area contributed by atoms with Gasteiger partial charge in [0.25, 0.3) is 11.8 Å². The lowest BCUT2D eigenvalue weighted by Crippen LogP contribution is -2.28. The van der Waals surface area contributed by atoms with Crippen LogP contribution in [-0.2, 0) is 6.54 Å². The predicted octanol–water partition coefficient (Wildman–Crippen LogP) is 2.15. The first kappa shape index (κ1) is 18.4. The number of benzene rings is 1. The van der Waals surface area contributed by atoms with Crippen LogP contribution in [0.5, 0.6) is 5.75 Å². The third kappa shape index (κ3) is 4.68. The first-order valence-corrected chi connectivity index (χ1v) is 11.0. The molecule has 0 spiro atoms. The second-order valence-electron chi connectivity index (χ2n) is 8.44. The van der Waals surface area contributed by atoms with E-state index in [2.05, 4.69) is 30.9 Å². The third-order valence-electron chi connectivity index (χ3n) is 5.68. The molecule has 0 atom stereocenters. The number of hydrogen-bond donors (Lipinski definition) is 3. The van der Waals surface area contributed by atoms with Crippen molar-refractivity contribution in [3.05, 3.63) is 42.0 Å². The number of carbonyl (C=O) groups excluding carboxylic acids is 2. The maximum atomic E-state index is 12.7. The molecule has 0 radical (unpaired) electrons. The summed E-state index contributed by atoms with van der Waals surface area (Å²) in [5.74, 6) is 0.0923. The van der Waals surface area contributed by atoms with Gasteiger partial charge in [-0.3, -0.25) is 14.3 Å². The minimum atomic E-state index is -2.74. The van der Waals surface area contributed by atoms with Gasteiger partial charge >= 0.3 is 0 Å². The minimum absolute atomic E-state index is 0.0181. The fraction of sp³-hybridized carbons (Fsp3) is 0.391. The Labute approximate surface area is 200 Å². The number of nitrogens with one attached hydrogen (secondary N) is 3. The van der Waals surface area contributed by atoms with E-state index in [4.69, 9.17) is 8.85 Å². The van der Waals surface area contributed by atoms with Crippen molar-refractivity contribution >= 4 is 23.2 Å². The van der Waals surface area contributed by atoms with Crippen LogP contribution in [0.1, 0.15) is 50.8 Å². The van der Waals surface area contributed by atoms with Crippen LogP contribution in [0.2, 0.25) is 0 Å². The molecule has 2 fully saturated rings. The molecule has 0 unspecified atom stereocenters. The van der Waals surface area contributed by atoms with Gasteiger partial charge in [0.05, 0.1) is 24.0 Å². The van der Waals surface area contributed by atoms with Gasteiger partial charge in [-0.1, -0.05) is 6.07 Å². The molecule has 3 N–H and O–H groups in total. The van der Waals surface area contributed by atoms with E-state index in [-0.39, 0.29) is 23.1 Å². The maximum Gasteiger partial charge on any atom is 0.273 e. The van der Waals surface area contributed by atoms with E-state index in [1.54, 1.807) is 23.1 Å². The Morgan fingerprint density at radius 2 is 2.03 bits per heavy atom. The quantitative estimate of drug-likeness (QED) is 0.437. The molecule has 2 aromatic heterocycles. The molecule has 176 valence electrons. The molecule has 0 bridgehead atoms. The molecule has 2 saturated carbocycles. The van der Waals surface area contributed by atoms with E-state index in [0.29, 0.717) is 28.7 Å². The van der Waals surface area contributed by atoms with Crippen molar-refractivity contribution < 1.29 is 18.4 Å². The zero-order valence-electron chi connectivity index (χ0n) is 21.5. The van der Waals surface area contributed by atoms with Gasteiger partial charge in [-0.05, 0) is 49.8 Å². The molecule has 1 aromatic carbocycles. The first-order valence-electron chi connectivity index (χ1n) is 12.5. The summed E-state index contributed by atoms with van der Waals surface area (Å²) in [5, 5.41) is 20.1. The van der Waals surface area contributed by atoms with Crippen molar-refractivity contribution in [3.8, 4) is 17.1 Å². The summed E-state index contributed by atoms with van der Waals surface area (Å²) in [4.78, 5) is 29.7. The molecular formula is C23H26N8O3. The number of aromatic nitrogens is 5. The van der Waals surface area contributed by atoms with Gasteiger partial charge in [-0.2, -0.15) is 5.10 Å². The zero-order chi connectivity index (χ0) is 26.2. The van der Waals surface area contributed by atoms with Crippen LogP contribution in [0.15, 0.2) is 30.6 Å². The smallest absolute Gasteiger partial charge is 0.273 e. The Bertz CT molecular complexity index is 1340. The highest BCUT2D eigenvalue weighted by atomic mass is 16.5. The lowest BCUT2D eigenvalue weighted by atomic mass is 10.1. The number of ether oxygens (including phenoxy) is 1. The number of nitrogens with zero attached hydrogens (tertiary/aromatic N) is 5. The van der Waals surface area contributed by atoms with E-state index >= 15 is 0 Å². The Kier molecular flexibility index (Phi) is 4.92. The standard InChI is InChI=1S/C23H26N8O3/c1-24-23(33)19-17(10-18(28-29-19)22(32)26-14-8-9-14)27-16-5-3-4-15(20(16)34-2)21-25-12-31(30-21)11-13-6-7-13/h3-5,10,12-14H,6-9,11H2,1-2H3,(H,24,33)(H,26,32)(H,27,28)/i1D3. The molecule has 11 nitrogen and oxygen atoms in total. The second kappa shape index (κ2) is 9.08. The van der Waals surface area contributed by atoms with Crippen molar-refractivity contribution in [1.82, 2.24) is 35.6 Å². The monoisotopic (exact) mass is 465 g/mol. The molecule has 2 aliphatic rings. The van der Waals surface area contributed by atoms with Crippen molar-refractivity contribution in [1.29, 1.82) is 0 Å². The van der Waals surface area contributed by atoms with Gasteiger partial charge in [0, 0.05) is 23.7 Å². The molecule has 3 aromatic rings. The van der Waals surface area contributed by atoms with Crippen LogP contribution in [0, 0.1) is 5.92 Å². The normalized spacial score (nSPS) is 16.7. The summed E-state index contributed by atoms with van der Waals surface area (Å²) in [5.41, 5.74) is 0.821. The second-order valence-corrected chi connectivity index (χ2v) is 8.44. The van der Waals surface area contributed by atoms with Gasteiger partial charge in [0.1, 0.15) is 6.33 Å². The molecule has 0 saturated heterocycles. The SMILES string of the molecule is [2H]C([2H])([2H])NC(=O)c1nnc(C(=O)NC2CC2)cc1Nc1cccc(-c2ncn(CC3CC3)n2)c1OC. The molecule has 0 aliphatic heterocycles. The topological polar surface area (TPSA) is 136 Å². The van der Waals surface area contributed by atoms with Gasteiger partial charge in [-0.25, -0.2) is 4.98 Å². The lowest BCUT2D eigenvalue weighted by molar-refractivity contribution is 0.0935. The Balaban J connectivity index is 1.48. The molecule has 11 heteroatoms. The number of methoxy groups -OCH3 is 1. The Hall–Kier alpha value is -4.02. The molecule has 2 aliphatic carbocycles. The number of hydrogen-bond acceptors (Lipinski definition) is 8. The van der Waals surface area contributed by atoms with Crippen LogP contribution >= 0.6 is 0 Å².